The molecular formula is C15H31N3O. The largest absolute Gasteiger partial charge is 0.377 e. The highest BCUT2D eigenvalue weighted by molar-refractivity contribution is 4.82. The van der Waals surface area contributed by atoms with Gasteiger partial charge in [-0.1, -0.05) is 0 Å². The van der Waals surface area contributed by atoms with Gasteiger partial charge in [-0.2, -0.15) is 0 Å². The highest BCUT2D eigenvalue weighted by Crippen LogP contribution is 2.16. The summed E-state index contributed by atoms with van der Waals surface area (Å²) in [4.78, 5) is 5.01. The Morgan fingerprint density at radius 2 is 2.16 bits per heavy atom. The topological polar surface area (TPSA) is 27.7 Å². The van der Waals surface area contributed by atoms with Gasteiger partial charge in [-0.25, -0.2) is 0 Å². The van der Waals surface area contributed by atoms with E-state index in [0.29, 0.717) is 12.1 Å². The Labute approximate surface area is 118 Å². The van der Waals surface area contributed by atoms with E-state index in [9.17, 15) is 0 Å². The average molecular weight is 269 g/mol. The monoisotopic (exact) mass is 269 g/mol. The number of hydrogen-bond donors (Lipinski definition) is 1. The molecule has 112 valence electrons. The minimum absolute atomic E-state index is 0.461. The van der Waals surface area contributed by atoms with E-state index in [1.165, 1.54) is 38.8 Å². The summed E-state index contributed by atoms with van der Waals surface area (Å²) in [6.45, 7) is 7.89. The highest BCUT2D eigenvalue weighted by atomic mass is 16.5. The number of piperidine rings is 1. The lowest BCUT2D eigenvalue weighted by molar-refractivity contribution is 0.0914. The van der Waals surface area contributed by atoms with Crippen molar-refractivity contribution < 1.29 is 4.74 Å². The Bertz CT molecular complexity index is 254. The standard InChI is InChI=1S/C15H31N3O/c1-13(10-16-11-15-7-5-9-19-15)18-8-4-6-14(12-18)17(2)3/h13-16H,4-12H2,1-3H3. The molecule has 0 aromatic heterocycles. The lowest BCUT2D eigenvalue weighted by atomic mass is 10.0. The molecule has 0 spiro atoms. The second-order valence-corrected chi connectivity index (χ2v) is 6.40. The number of nitrogens with zero attached hydrogens (tertiary/aromatic N) is 2. The lowest BCUT2D eigenvalue weighted by Gasteiger charge is -2.39. The van der Waals surface area contributed by atoms with Crippen LogP contribution in [-0.4, -0.2) is 74.9 Å². The van der Waals surface area contributed by atoms with E-state index < -0.39 is 0 Å². The van der Waals surface area contributed by atoms with Crippen molar-refractivity contribution in [1.82, 2.24) is 15.1 Å². The molecule has 4 heteroatoms. The maximum absolute atomic E-state index is 5.65. The van der Waals surface area contributed by atoms with Crippen molar-refractivity contribution in [3.8, 4) is 0 Å². The molecule has 4 nitrogen and oxygen atoms in total. The van der Waals surface area contributed by atoms with E-state index in [-0.39, 0.29) is 0 Å². The Balaban J connectivity index is 1.65. The van der Waals surface area contributed by atoms with Gasteiger partial charge >= 0.3 is 0 Å². The summed E-state index contributed by atoms with van der Waals surface area (Å²) in [6.07, 6.45) is 5.60. The summed E-state index contributed by atoms with van der Waals surface area (Å²) < 4.78 is 5.65. The third-order valence-electron chi connectivity index (χ3n) is 4.62. The SMILES string of the molecule is CC(CNCC1CCCO1)N1CCCC(N(C)C)C1. The van der Waals surface area contributed by atoms with Crippen LogP contribution in [0.25, 0.3) is 0 Å². The molecule has 2 rings (SSSR count). The first-order chi connectivity index (χ1) is 9.16. The first-order valence-electron chi connectivity index (χ1n) is 7.89. The average Bonchev–Trinajstić information content (AvgIpc) is 2.92. The number of rotatable bonds is 6. The van der Waals surface area contributed by atoms with Crippen molar-refractivity contribution in [3.05, 3.63) is 0 Å². The predicted octanol–water partition coefficient (Wildman–Crippen LogP) is 1.17. The Kier molecular flexibility index (Phi) is 6.07. The molecule has 0 saturated carbocycles. The van der Waals surface area contributed by atoms with Crippen molar-refractivity contribution >= 4 is 0 Å². The first-order valence-corrected chi connectivity index (χ1v) is 7.89. The summed E-state index contributed by atoms with van der Waals surface area (Å²) in [5.41, 5.74) is 0. The minimum Gasteiger partial charge on any atom is -0.377 e. The molecule has 0 aromatic rings. The maximum Gasteiger partial charge on any atom is 0.0700 e. The van der Waals surface area contributed by atoms with E-state index in [1.54, 1.807) is 0 Å². The molecule has 2 saturated heterocycles. The van der Waals surface area contributed by atoms with Crippen LogP contribution in [0.5, 0.6) is 0 Å². The Morgan fingerprint density at radius 3 is 2.84 bits per heavy atom. The maximum atomic E-state index is 5.65. The second-order valence-electron chi connectivity index (χ2n) is 6.40. The van der Waals surface area contributed by atoms with Crippen LogP contribution in [0, 0.1) is 0 Å². The summed E-state index contributed by atoms with van der Waals surface area (Å²) >= 11 is 0. The van der Waals surface area contributed by atoms with Gasteiger partial charge in [0.1, 0.15) is 0 Å². The molecule has 0 radical (unpaired) electrons. The van der Waals surface area contributed by atoms with Gasteiger partial charge in [-0.3, -0.25) is 4.90 Å². The Hall–Kier alpha value is -0.160. The van der Waals surface area contributed by atoms with Gasteiger partial charge in [0.05, 0.1) is 6.10 Å². The van der Waals surface area contributed by atoms with E-state index in [1.807, 2.05) is 0 Å². The van der Waals surface area contributed by atoms with Crippen LogP contribution >= 0.6 is 0 Å². The molecule has 3 unspecified atom stereocenters. The number of likely N-dealkylation sites (N-methyl/N-ethyl adjacent to an activating group) is 1. The molecule has 2 heterocycles. The van der Waals surface area contributed by atoms with E-state index in [2.05, 4.69) is 36.1 Å². The van der Waals surface area contributed by atoms with Crippen LogP contribution in [0.1, 0.15) is 32.6 Å². The number of ether oxygens (including phenoxy) is 1. The summed E-state index contributed by atoms with van der Waals surface area (Å²) in [5, 5.41) is 3.59. The molecule has 2 aliphatic heterocycles. The Morgan fingerprint density at radius 1 is 1.32 bits per heavy atom. The van der Waals surface area contributed by atoms with Gasteiger partial charge in [0.15, 0.2) is 0 Å². The van der Waals surface area contributed by atoms with Gasteiger partial charge in [0.2, 0.25) is 0 Å². The van der Waals surface area contributed by atoms with Crippen LogP contribution in [0.3, 0.4) is 0 Å². The fourth-order valence-electron chi connectivity index (χ4n) is 3.19. The fourth-order valence-corrected chi connectivity index (χ4v) is 3.19. The highest BCUT2D eigenvalue weighted by Gasteiger charge is 2.24. The van der Waals surface area contributed by atoms with Crippen molar-refractivity contribution in [2.24, 2.45) is 0 Å². The van der Waals surface area contributed by atoms with Crippen LogP contribution in [0.15, 0.2) is 0 Å². The van der Waals surface area contributed by atoms with Crippen LogP contribution in [0.2, 0.25) is 0 Å². The molecule has 2 fully saturated rings. The number of hydrogen-bond acceptors (Lipinski definition) is 4. The fraction of sp³-hybridized carbons (Fsp3) is 1.00. The summed E-state index contributed by atoms with van der Waals surface area (Å²) in [5.74, 6) is 0. The normalized spacial score (nSPS) is 30.9. The van der Waals surface area contributed by atoms with Crippen molar-refractivity contribution in [1.29, 1.82) is 0 Å². The zero-order chi connectivity index (χ0) is 13.7. The molecule has 19 heavy (non-hydrogen) atoms. The zero-order valence-electron chi connectivity index (χ0n) is 12.9. The summed E-state index contributed by atoms with van der Waals surface area (Å²) in [6, 6.07) is 1.36. The third kappa shape index (κ3) is 4.71. The minimum atomic E-state index is 0.461. The van der Waals surface area contributed by atoms with Gasteiger partial charge in [0.25, 0.3) is 0 Å². The zero-order valence-corrected chi connectivity index (χ0v) is 12.9. The van der Waals surface area contributed by atoms with Crippen molar-refractivity contribution in [2.45, 2.75) is 50.8 Å². The lowest BCUT2D eigenvalue weighted by Crippen LogP contribution is -2.51. The van der Waals surface area contributed by atoms with Crippen molar-refractivity contribution in [3.63, 3.8) is 0 Å². The smallest absolute Gasteiger partial charge is 0.0700 e. The molecule has 3 atom stereocenters. The molecule has 0 bridgehead atoms. The molecule has 0 aliphatic carbocycles. The van der Waals surface area contributed by atoms with Crippen LogP contribution < -0.4 is 5.32 Å². The second kappa shape index (κ2) is 7.58. The van der Waals surface area contributed by atoms with E-state index in [4.69, 9.17) is 4.74 Å². The van der Waals surface area contributed by atoms with Gasteiger partial charge in [-0.15, -0.1) is 0 Å². The first kappa shape index (κ1) is 15.2. The third-order valence-corrected chi connectivity index (χ3v) is 4.62. The van der Waals surface area contributed by atoms with Crippen molar-refractivity contribution in [2.75, 3.05) is 46.9 Å². The van der Waals surface area contributed by atoms with Gasteiger partial charge < -0.3 is 15.0 Å². The van der Waals surface area contributed by atoms with Gasteiger partial charge in [0, 0.05) is 38.3 Å². The molecule has 1 N–H and O–H groups in total. The van der Waals surface area contributed by atoms with E-state index in [0.717, 1.165) is 25.7 Å². The molecule has 2 aliphatic rings. The van der Waals surface area contributed by atoms with Gasteiger partial charge in [-0.05, 0) is 53.2 Å². The summed E-state index contributed by atoms with van der Waals surface area (Å²) in [7, 11) is 4.41. The molecular weight excluding hydrogens is 238 g/mol. The van der Waals surface area contributed by atoms with E-state index >= 15 is 0 Å². The van der Waals surface area contributed by atoms with Crippen LogP contribution in [-0.2, 0) is 4.74 Å². The van der Waals surface area contributed by atoms with Crippen LogP contribution in [0.4, 0.5) is 0 Å². The predicted molar refractivity (Wildman–Crippen MR) is 79.6 cm³/mol. The number of nitrogens with one attached hydrogen (secondary N) is 1. The number of likely N-dealkylation sites (tertiary alicyclic amines) is 1. The molecule has 0 aromatic carbocycles. The quantitative estimate of drug-likeness (QED) is 0.783. The molecule has 0 amide bonds.